The van der Waals surface area contributed by atoms with Crippen molar-refractivity contribution in [2.24, 2.45) is 0 Å². The van der Waals surface area contributed by atoms with Crippen LogP contribution in [0, 0.1) is 0 Å². The zero-order valence-corrected chi connectivity index (χ0v) is 13.3. The summed E-state index contributed by atoms with van der Waals surface area (Å²) in [5, 5.41) is 13.4. The van der Waals surface area contributed by atoms with Crippen molar-refractivity contribution < 1.29 is 14.3 Å². The number of hydrogen-bond acceptors (Lipinski definition) is 4. The summed E-state index contributed by atoms with van der Waals surface area (Å²) in [5.74, 6) is 0.367. The van der Waals surface area contributed by atoms with Gasteiger partial charge in [-0.3, -0.25) is 14.7 Å². The Labute approximate surface area is 143 Å². The van der Waals surface area contributed by atoms with Crippen LogP contribution in [0.4, 0.5) is 11.4 Å². The Kier molecular flexibility index (Phi) is 3.81. The van der Waals surface area contributed by atoms with Gasteiger partial charge < -0.3 is 15.4 Å². The summed E-state index contributed by atoms with van der Waals surface area (Å²) in [7, 11) is 0. The smallest absolute Gasteiger partial charge is 0.262 e. The molecule has 0 radical (unpaired) electrons. The number of carbonyl (C=O) groups excluding carboxylic acids is 2. The molecule has 0 bridgehead atoms. The first-order valence-corrected chi connectivity index (χ1v) is 7.96. The number of carbonyl (C=O) groups is 2. The van der Waals surface area contributed by atoms with Crippen LogP contribution >= 0.6 is 0 Å². The number of fused-ring (bicyclic) bond motifs is 2. The minimum Gasteiger partial charge on any atom is -0.484 e. The van der Waals surface area contributed by atoms with Gasteiger partial charge >= 0.3 is 0 Å². The summed E-state index contributed by atoms with van der Waals surface area (Å²) < 4.78 is 5.58. The van der Waals surface area contributed by atoms with Crippen molar-refractivity contribution in [1.29, 1.82) is 0 Å². The number of aryl methyl sites for hydroxylation is 1. The lowest BCUT2D eigenvalue weighted by atomic mass is 10.0. The Morgan fingerprint density at radius 1 is 1.24 bits per heavy atom. The van der Waals surface area contributed by atoms with Crippen LogP contribution in [0.2, 0.25) is 0 Å². The van der Waals surface area contributed by atoms with Crippen LogP contribution in [-0.2, 0) is 16.0 Å². The highest BCUT2D eigenvalue weighted by molar-refractivity contribution is 6.00. The second kappa shape index (κ2) is 6.27. The van der Waals surface area contributed by atoms with Gasteiger partial charge in [0.25, 0.3) is 5.91 Å². The largest absolute Gasteiger partial charge is 0.484 e. The zero-order valence-electron chi connectivity index (χ0n) is 13.3. The third-order valence-electron chi connectivity index (χ3n) is 4.09. The van der Waals surface area contributed by atoms with E-state index >= 15 is 0 Å². The maximum absolute atomic E-state index is 12.2. The molecule has 2 aromatic carbocycles. The van der Waals surface area contributed by atoms with Crippen LogP contribution in [-0.4, -0.2) is 28.6 Å². The molecule has 3 aromatic rings. The Morgan fingerprint density at radius 2 is 2.16 bits per heavy atom. The van der Waals surface area contributed by atoms with Crippen molar-refractivity contribution in [3.8, 4) is 5.75 Å². The van der Waals surface area contributed by atoms with Crippen LogP contribution in [0.5, 0.6) is 5.75 Å². The van der Waals surface area contributed by atoms with Crippen LogP contribution < -0.4 is 15.4 Å². The molecule has 0 saturated heterocycles. The Bertz CT molecular complexity index is 964. The number of rotatable bonds is 4. The standard InChI is InChI=1S/C18H16N4O3/c23-16-7-4-11-8-13(5-6-14(11)20-16)25-10-17(24)21-15-3-1-2-12-9-19-22-18(12)15/h1-3,5-6,8-9H,4,7,10H2,(H,19,22)(H,20,23)(H,21,24). The summed E-state index contributed by atoms with van der Waals surface area (Å²) in [6.07, 6.45) is 2.84. The van der Waals surface area contributed by atoms with Gasteiger partial charge in [0.1, 0.15) is 5.75 Å². The first-order chi connectivity index (χ1) is 12.2. The topological polar surface area (TPSA) is 96.1 Å². The molecule has 1 aliphatic heterocycles. The molecule has 7 nitrogen and oxygen atoms in total. The molecule has 0 aliphatic carbocycles. The van der Waals surface area contributed by atoms with Crippen LogP contribution in [0.15, 0.2) is 42.6 Å². The number of amides is 2. The first-order valence-electron chi connectivity index (χ1n) is 7.96. The Balaban J connectivity index is 1.40. The average Bonchev–Trinajstić information content (AvgIpc) is 3.10. The highest BCUT2D eigenvalue weighted by Gasteiger charge is 2.15. The molecule has 0 fully saturated rings. The van der Waals surface area contributed by atoms with E-state index in [0.29, 0.717) is 24.3 Å². The molecular formula is C18H16N4O3. The summed E-state index contributed by atoms with van der Waals surface area (Å²) in [4.78, 5) is 23.5. The lowest BCUT2D eigenvalue weighted by Gasteiger charge is -2.17. The van der Waals surface area contributed by atoms with Gasteiger partial charge in [0.15, 0.2) is 6.61 Å². The Morgan fingerprint density at radius 3 is 3.08 bits per heavy atom. The number of H-pyrrole nitrogens is 1. The van der Waals surface area contributed by atoms with Crippen LogP contribution in [0.1, 0.15) is 12.0 Å². The highest BCUT2D eigenvalue weighted by atomic mass is 16.5. The third-order valence-corrected chi connectivity index (χ3v) is 4.09. The molecule has 1 aromatic heterocycles. The van der Waals surface area contributed by atoms with E-state index < -0.39 is 0 Å². The van der Waals surface area contributed by atoms with E-state index in [2.05, 4.69) is 20.8 Å². The number of aromatic nitrogens is 2. The summed E-state index contributed by atoms with van der Waals surface area (Å²) in [5.41, 5.74) is 3.26. The van der Waals surface area contributed by atoms with Gasteiger partial charge in [-0.15, -0.1) is 0 Å². The maximum Gasteiger partial charge on any atom is 0.262 e. The predicted molar refractivity (Wildman–Crippen MR) is 93.6 cm³/mol. The SMILES string of the molecule is O=C1CCc2cc(OCC(=O)Nc3cccc4cn[nH]c34)ccc2N1. The fourth-order valence-electron chi connectivity index (χ4n) is 2.86. The molecule has 0 spiro atoms. The van der Waals surface area contributed by atoms with E-state index in [0.717, 1.165) is 22.2 Å². The highest BCUT2D eigenvalue weighted by Crippen LogP contribution is 2.27. The van der Waals surface area contributed by atoms with Crippen LogP contribution in [0.25, 0.3) is 10.9 Å². The van der Waals surface area contributed by atoms with Gasteiger partial charge in [0.2, 0.25) is 5.91 Å². The second-order valence-electron chi connectivity index (χ2n) is 5.84. The quantitative estimate of drug-likeness (QED) is 0.682. The molecule has 3 N–H and O–H groups in total. The average molecular weight is 336 g/mol. The molecule has 2 amide bonds. The summed E-state index contributed by atoms with van der Waals surface area (Å²) in [6, 6.07) is 11.0. The van der Waals surface area contributed by atoms with E-state index in [4.69, 9.17) is 4.74 Å². The molecule has 4 rings (SSSR count). The van der Waals surface area contributed by atoms with Gasteiger partial charge in [-0.2, -0.15) is 5.10 Å². The van der Waals surface area contributed by atoms with E-state index in [1.165, 1.54) is 0 Å². The molecule has 1 aliphatic rings. The van der Waals surface area contributed by atoms with Gasteiger partial charge in [-0.05, 0) is 36.2 Å². The van der Waals surface area contributed by atoms with Gasteiger partial charge in [0.05, 0.1) is 17.4 Å². The van der Waals surface area contributed by atoms with Crippen molar-refractivity contribution in [3.63, 3.8) is 0 Å². The summed E-state index contributed by atoms with van der Waals surface area (Å²) >= 11 is 0. The van der Waals surface area contributed by atoms with Crippen molar-refractivity contribution in [3.05, 3.63) is 48.2 Å². The fourth-order valence-corrected chi connectivity index (χ4v) is 2.86. The number of benzene rings is 2. The molecule has 0 unspecified atom stereocenters. The van der Waals surface area contributed by atoms with Crippen molar-refractivity contribution in [2.75, 3.05) is 17.2 Å². The fraction of sp³-hybridized carbons (Fsp3) is 0.167. The van der Waals surface area contributed by atoms with Gasteiger partial charge in [-0.25, -0.2) is 0 Å². The molecule has 0 saturated carbocycles. The second-order valence-corrected chi connectivity index (χ2v) is 5.84. The number of nitrogens with one attached hydrogen (secondary N) is 3. The van der Waals surface area contributed by atoms with E-state index in [-0.39, 0.29) is 18.4 Å². The third kappa shape index (κ3) is 3.16. The molecule has 2 heterocycles. The number of ether oxygens (including phenoxy) is 1. The lowest BCUT2D eigenvalue weighted by Crippen LogP contribution is -2.21. The number of hydrogen-bond donors (Lipinski definition) is 3. The number of aromatic amines is 1. The minimum atomic E-state index is -0.256. The normalized spacial score (nSPS) is 13.2. The molecule has 25 heavy (non-hydrogen) atoms. The molecule has 7 heteroatoms. The van der Waals surface area contributed by atoms with Crippen molar-refractivity contribution >= 4 is 34.1 Å². The molecule has 0 atom stereocenters. The van der Waals surface area contributed by atoms with Crippen molar-refractivity contribution in [1.82, 2.24) is 10.2 Å². The molecule has 126 valence electrons. The van der Waals surface area contributed by atoms with Gasteiger partial charge in [0, 0.05) is 17.5 Å². The van der Waals surface area contributed by atoms with E-state index in [1.807, 2.05) is 18.2 Å². The monoisotopic (exact) mass is 336 g/mol. The van der Waals surface area contributed by atoms with Crippen LogP contribution in [0.3, 0.4) is 0 Å². The predicted octanol–water partition coefficient (Wildman–Crippen LogP) is 2.47. The van der Waals surface area contributed by atoms with E-state index in [1.54, 1.807) is 24.4 Å². The number of nitrogens with zero attached hydrogens (tertiary/aromatic N) is 1. The number of para-hydroxylation sites is 1. The zero-order chi connectivity index (χ0) is 17.2. The Hall–Kier alpha value is -3.35. The lowest BCUT2D eigenvalue weighted by molar-refractivity contribution is -0.118. The van der Waals surface area contributed by atoms with Gasteiger partial charge in [-0.1, -0.05) is 12.1 Å². The maximum atomic E-state index is 12.2. The molecular weight excluding hydrogens is 320 g/mol. The first kappa shape index (κ1) is 15.2. The van der Waals surface area contributed by atoms with Crippen molar-refractivity contribution in [2.45, 2.75) is 12.8 Å². The minimum absolute atomic E-state index is 0.0218. The summed E-state index contributed by atoms with van der Waals surface area (Å²) in [6.45, 7) is -0.102. The number of anilines is 2. The van der Waals surface area contributed by atoms with E-state index in [9.17, 15) is 9.59 Å².